The Morgan fingerprint density at radius 3 is 3.11 bits per heavy atom. The molecule has 0 bridgehead atoms. The fraction of sp³-hybridized carbons (Fsp3) is 0.579. The van der Waals surface area contributed by atoms with E-state index in [-0.39, 0.29) is 24.5 Å². The van der Waals surface area contributed by atoms with E-state index < -0.39 is 0 Å². The highest BCUT2D eigenvalue weighted by molar-refractivity contribution is 5.78. The van der Waals surface area contributed by atoms with Crippen molar-refractivity contribution in [2.24, 2.45) is 5.92 Å². The van der Waals surface area contributed by atoms with E-state index in [1.807, 2.05) is 23.2 Å². The van der Waals surface area contributed by atoms with E-state index in [9.17, 15) is 4.79 Å². The first-order chi connectivity index (χ1) is 13.2. The monoisotopic (exact) mass is 372 g/mol. The Balaban J connectivity index is 1.30. The van der Waals surface area contributed by atoms with Crippen LogP contribution in [0.15, 0.2) is 29.0 Å². The molecule has 0 N–H and O–H groups in total. The zero-order valence-electron chi connectivity index (χ0n) is 15.4. The summed E-state index contributed by atoms with van der Waals surface area (Å²) >= 11 is 0. The molecule has 0 radical (unpaired) electrons. The summed E-state index contributed by atoms with van der Waals surface area (Å²) in [5, 5.41) is 3.75. The van der Waals surface area contributed by atoms with Gasteiger partial charge < -0.3 is 18.9 Å². The number of rotatable bonds is 6. The molecule has 3 atom stereocenters. The lowest BCUT2D eigenvalue weighted by Crippen LogP contribution is -2.51. The highest BCUT2D eigenvalue weighted by Gasteiger charge is 2.43. The summed E-state index contributed by atoms with van der Waals surface area (Å²) in [7, 11) is 0. The van der Waals surface area contributed by atoms with Crippen LogP contribution < -0.4 is 0 Å². The van der Waals surface area contributed by atoms with Crippen LogP contribution in [-0.4, -0.2) is 57.8 Å². The predicted molar refractivity (Wildman–Crippen MR) is 94.6 cm³/mol. The van der Waals surface area contributed by atoms with Crippen LogP contribution in [0.5, 0.6) is 0 Å². The van der Waals surface area contributed by atoms with E-state index in [0.29, 0.717) is 44.0 Å². The van der Waals surface area contributed by atoms with E-state index in [4.69, 9.17) is 14.0 Å². The number of pyridine rings is 1. The molecular formula is C19H24N4O4. The highest BCUT2D eigenvalue weighted by Crippen LogP contribution is 2.34. The fourth-order valence-corrected chi connectivity index (χ4v) is 3.97. The number of hydrogen-bond donors (Lipinski definition) is 0. The van der Waals surface area contributed by atoms with Gasteiger partial charge in [-0.2, -0.15) is 4.98 Å². The maximum absolute atomic E-state index is 12.7. The third kappa shape index (κ3) is 4.33. The molecular weight excluding hydrogens is 348 g/mol. The van der Waals surface area contributed by atoms with Crippen molar-refractivity contribution in [2.75, 3.05) is 19.8 Å². The number of hydrogen-bond acceptors (Lipinski definition) is 7. The molecule has 2 aromatic heterocycles. The summed E-state index contributed by atoms with van der Waals surface area (Å²) in [4.78, 5) is 22.9. The zero-order valence-corrected chi connectivity index (χ0v) is 15.4. The molecule has 1 amide bonds. The van der Waals surface area contributed by atoms with Crippen LogP contribution in [0.1, 0.15) is 30.1 Å². The third-order valence-electron chi connectivity index (χ3n) is 5.17. The summed E-state index contributed by atoms with van der Waals surface area (Å²) in [5.74, 6) is 1.32. The number of ether oxygens (including phenoxy) is 2. The van der Waals surface area contributed by atoms with Gasteiger partial charge in [-0.25, -0.2) is 0 Å². The van der Waals surface area contributed by atoms with Crippen LogP contribution in [0, 0.1) is 12.8 Å². The maximum Gasteiger partial charge on any atom is 0.236 e. The fourth-order valence-electron chi connectivity index (χ4n) is 3.97. The van der Waals surface area contributed by atoms with E-state index in [0.717, 1.165) is 18.4 Å². The lowest BCUT2D eigenvalue weighted by molar-refractivity contribution is -0.143. The highest BCUT2D eigenvalue weighted by atomic mass is 16.5. The summed E-state index contributed by atoms with van der Waals surface area (Å²) < 4.78 is 16.9. The molecule has 3 unspecified atom stereocenters. The Morgan fingerprint density at radius 2 is 2.33 bits per heavy atom. The molecule has 1 saturated carbocycles. The van der Waals surface area contributed by atoms with Crippen molar-refractivity contribution in [1.82, 2.24) is 20.0 Å². The standard InChI is InChI=1S/C19H24N4O4/c1-13-21-18(27-22-13)9-19(24)23-5-6-26-17-8-15(7-16(17)23)12-25-11-14-3-2-4-20-10-14/h2-4,10,15-17H,5-9,11-12H2,1H3. The van der Waals surface area contributed by atoms with Crippen LogP contribution in [0.25, 0.3) is 0 Å². The Bertz CT molecular complexity index is 766. The second-order valence-corrected chi connectivity index (χ2v) is 7.19. The van der Waals surface area contributed by atoms with Gasteiger partial charge in [0, 0.05) is 18.9 Å². The van der Waals surface area contributed by atoms with Gasteiger partial charge in [0.1, 0.15) is 6.42 Å². The molecule has 3 heterocycles. The first-order valence-corrected chi connectivity index (χ1v) is 9.36. The molecule has 2 aromatic rings. The lowest BCUT2D eigenvalue weighted by Gasteiger charge is -2.37. The van der Waals surface area contributed by atoms with E-state index >= 15 is 0 Å². The normalized spacial score (nSPS) is 24.8. The van der Waals surface area contributed by atoms with Crippen LogP contribution in [0.4, 0.5) is 0 Å². The minimum absolute atomic E-state index is 0.0221. The zero-order chi connectivity index (χ0) is 18.6. The lowest BCUT2D eigenvalue weighted by atomic mass is 10.1. The molecule has 0 aromatic carbocycles. The Morgan fingerprint density at radius 1 is 1.41 bits per heavy atom. The molecule has 144 valence electrons. The van der Waals surface area contributed by atoms with Crippen LogP contribution in [0.2, 0.25) is 0 Å². The van der Waals surface area contributed by atoms with Crippen LogP contribution in [-0.2, 0) is 27.3 Å². The van der Waals surface area contributed by atoms with E-state index in [2.05, 4.69) is 15.1 Å². The summed E-state index contributed by atoms with van der Waals surface area (Å²) in [6.45, 7) is 4.14. The number of nitrogens with zero attached hydrogens (tertiary/aromatic N) is 4. The molecule has 2 fully saturated rings. The summed E-state index contributed by atoms with van der Waals surface area (Å²) in [6.07, 6.45) is 5.61. The average molecular weight is 372 g/mol. The molecule has 27 heavy (non-hydrogen) atoms. The van der Waals surface area contributed by atoms with Gasteiger partial charge in [0.15, 0.2) is 5.82 Å². The number of aromatic nitrogens is 3. The van der Waals surface area contributed by atoms with Gasteiger partial charge in [0.2, 0.25) is 11.8 Å². The summed E-state index contributed by atoms with van der Waals surface area (Å²) in [6, 6.07) is 4.01. The number of aryl methyl sites for hydroxylation is 1. The first kappa shape index (κ1) is 18.1. The van der Waals surface area contributed by atoms with Crippen molar-refractivity contribution in [2.45, 2.75) is 44.9 Å². The van der Waals surface area contributed by atoms with Gasteiger partial charge >= 0.3 is 0 Å². The molecule has 1 aliphatic heterocycles. The van der Waals surface area contributed by atoms with Crippen LogP contribution in [0.3, 0.4) is 0 Å². The van der Waals surface area contributed by atoms with Crippen molar-refractivity contribution in [3.8, 4) is 0 Å². The van der Waals surface area contributed by atoms with E-state index in [1.165, 1.54) is 0 Å². The topological polar surface area (TPSA) is 90.6 Å². The van der Waals surface area contributed by atoms with Gasteiger partial charge in [-0.05, 0) is 37.3 Å². The number of amides is 1. The first-order valence-electron chi connectivity index (χ1n) is 9.36. The largest absolute Gasteiger partial charge is 0.376 e. The number of carbonyl (C=O) groups excluding carboxylic acids is 1. The van der Waals surface area contributed by atoms with E-state index in [1.54, 1.807) is 13.1 Å². The molecule has 1 saturated heterocycles. The van der Waals surface area contributed by atoms with Gasteiger partial charge in [-0.1, -0.05) is 11.2 Å². The predicted octanol–water partition coefficient (Wildman–Crippen LogP) is 1.54. The molecule has 0 spiro atoms. The van der Waals surface area contributed by atoms with Gasteiger partial charge in [-0.3, -0.25) is 9.78 Å². The minimum atomic E-state index is 0.0221. The van der Waals surface area contributed by atoms with Gasteiger partial charge in [0.25, 0.3) is 0 Å². The Kier molecular flexibility index (Phi) is 5.45. The van der Waals surface area contributed by atoms with Crippen molar-refractivity contribution in [3.63, 3.8) is 0 Å². The van der Waals surface area contributed by atoms with Crippen molar-refractivity contribution in [1.29, 1.82) is 0 Å². The minimum Gasteiger partial charge on any atom is -0.376 e. The van der Waals surface area contributed by atoms with Crippen molar-refractivity contribution < 1.29 is 18.8 Å². The quantitative estimate of drug-likeness (QED) is 0.759. The summed E-state index contributed by atoms with van der Waals surface area (Å²) in [5.41, 5.74) is 1.07. The number of fused-ring (bicyclic) bond motifs is 1. The Labute approximate surface area is 157 Å². The number of morpholine rings is 1. The average Bonchev–Trinajstić information content (AvgIpc) is 3.27. The van der Waals surface area contributed by atoms with Gasteiger partial charge in [0.05, 0.1) is 32.0 Å². The third-order valence-corrected chi connectivity index (χ3v) is 5.17. The van der Waals surface area contributed by atoms with Crippen LogP contribution >= 0.6 is 0 Å². The molecule has 2 aliphatic rings. The maximum atomic E-state index is 12.7. The second-order valence-electron chi connectivity index (χ2n) is 7.19. The Hall–Kier alpha value is -2.32. The van der Waals surface area contributed by atoms with Crippen molar-refractivity contribution >= 4 is 5.91 Å². The molecule has 1 aliphatic carbocycles. The smallest absolute Gasteiger partial charge is 0.236 e. The second kappa shape index (κ2) is 8.14. The van der Waals surface area contributed by atoms with Gasteiger partial charge in [-0.15, -0.1) is 0 Å². The van der Waals surface area contributed by atoms with Crippen molar-refractivity contribution in [3.05, 3.63) is 41.8 Å². The molecule has 8 heteroatoms. The molecule has 8 nitrogen and oxygen atoms in total. The number of carbonyl (C=O) groups is 1. The molecule has 4 rings (SSSR count). The SMILES string of the molecule is Cc1noc(CC(=O)N2CCOC3CC(COCc4cccnc4)CC32)n1.